The third-order valence-corrected chi connectivity index (χ3v) is 3.41. The van der Waals surface area contributed by atoms with Crippen LogP contribution in [0.25, 0.3) is 0 Å². The summed E-state index contributed by atoms with van der Waals surface area (Å²) in [5, 5.41) is 0. The maximum Gasteiger partial charge on any atom is 0.341 e. The van der Waals surface area contributed by atoms with Gasteiger partial charge in [-0.25, -0.2) is 4.79 Å². The van der Waals surface area contributed by atoms with Gasteiger partial charge in [0, 0.05) is 0 Å². The lowest BCUT2D eigenvalue weighted by molar-refractivity contribution is -0.150. The zero-order chi connectivity index (χ0) is 10.7. The summed E-state index contributed by atoms with van der Waals surface area (Å²) in [6.45, 7) is 2.70. The summed E-state index contributed by atoms with van der Waals surface area (Å²) in [6.07, 6.45) is 7.62. The summed E-state index contributed by atoms with van der Waals surface area (Å²) in [4.78, 5) is 11.8. The van der Waals surface area contributed by atoms with Crippen LogP contribution in [0.4, 0.5) is 0 Å². The van der Waals surface area contributed by atoms with E-state index in [1.54, 1.807) is 0 Å². The predicted octanol–water partition coefficient (Wildman–Crippen LogP) is 2.43. The Labute approximate surface area is 91.1 Å². The molecule has 0 amide bonds. The van der Waals surface area contributed by atoms with Crippen LogP contribution >= 0.6 is 0 Å². The van der Waals surface area contributed by atoms with Crippen molar-refractivity contribution in [1.82, 2.24) is 0 Å². The Kier molecular flexibility index (Phi) is 3.29. The van der Waals surface area contributed by atoms with Gasteiger partial charge in [-0.05, 0) is 25.7 Å². The lowest BCUT2D eigenvalue weighted by atomic mass is 9.89. The third kappa shape index (κ3) is 2.17. The molecule has 15 heavy (non-hydrogen) atoms. The molecule has 1 heterocycles. The molecule has 2 rings (SSSR count). The van der Waals surface area contributed by atoms with Gasteiger partial charge in [-0.15, -0.1) is 0 Å². The second-order valence-corrected chi connectivity index (χ2v) is 4.58. The van der Waals surface area contributed by atoms with E-state index in [9.17, 15) is 4.79 Å². The maximum atomic E-state index is 11.8. The van der Waals surface area contributed by atoms with Crippen LogP contribution < -0.4 is 0 Å². The van der Waals surface area contributed by atoms with Gasteiger partial charge in [0.05, 0.1) is 12.7 Å². The minimum Gasteiger partial charge on any atom is -0.463 e. The van der Waals surface area contributed by atoms with Gasteiger partial charge in [-0.2, -0.15) is 0 Å². The summed E-state index contributed by atoms with van der Waals surface area (Å²) in [5.74, 6) is -0.108. The summed E-state index contributed by atoms with van der Waals surface area (Å²) >= 11 is 0. The molecule has 3 heteroatoms. The number of unbranched alkanes of at least 4 members (excludes halogenated alkanes) is 2. The zero-order valence-corrected chi connectivity index (χ0v) is 9.46. The Balaban J connectivity index is 1.72. The lowest BCUT2D eigenvalue weighted by Crippen LogP contribution is -2.32. The van der Waals surface area contributed by atoms with Gasteiger partial charge in [-0.3, -0.25) is 0 Å². The van der Waals surface area contributed by atoms with Gasteiger partial charge in [0.1, 0.15) is 0 Å². The molecule has 0 aromatic heterocycles. The molecule has 0 bridgehead atoms. The van der Waals surface area contributed by atoms with Crippen LogP contribution in [0.3, 0.4) is 0 Å². The Morgan fingerprint density at radius 2 is 2.33 bits per heavy atom. The molecule has 2 fully saturated rings. The van der Waals surface area contributed by atoms with Crippen LogP contribution in [0.2, 0.25) is 0 Å². The molecule has 86 valence electrons. The van der Waals surface area contributed by atoms with Gasteiger partial charge < -0.3 is 9.47 Å². The first-order valence-corrected chi connectivity index (χ1v) is 6.14. The summed E-state index contributed by atoms with van der Waals surface area (Å²) in [7, 11) is 0. The van der Waals surface area contributed by atoms with E-state index in [-0.39, 0.29) is 12.1 Å². The average Bonchev–Trinajstić information content (AvgIpc) is 2.99. The predicted molar refractivity (Wildman–Crippen MR) is 56.6 cm³/mol. The normalized spacial score (nSPS) is 33.3. The van der Waals surface area contributed by atoms with Crippen LogP contribution in [0, 0.1) is 0 Å². The van der Waals surface area contributed by atoms with Crippen LogP contribution in [-0.4, -0.2) is 24.3 Å². The van der Waals surface area contributed by atoms with Crippen LogP contribution in [0.1, 0.15) is 51.9 Å². The fourth-order valence-corrected chi connectivity index (χ4v) is 2.37. The molecular formula is C12H20O3. The van der Waals surface area contributed by atoms with Gasteiger partial charge >= 0.3 is 5.97 Å². The standard InChI is InChI=1S/C12H20O3/c1-2-3-6-9-14-11(13)12-8-5-4-7-10(12)15-12/h10H,2-9H2,1H3. The van der Waals surface area contributed by atoms with E-state index in [2.05, 4.69) is 6.92 Å². The number of rotatable bonds is 5. The van der Waals surface area contributed by atoms with E-state index in [1.165, 1.54) is 6.42 Å². The first-order valence-electron chi connectivity index (χ1n) is 6.14. The molecule has 3 nitrogen and oxygen atoms in total. The molecule has 2 unspecified atom stereocenters. The number of carbonyl (C=O) groups excluding carboxylic acids is 1. The van der Waals surface area contributed by atoms with Gasteiger partial charge in [0.25, 0.3) is 0 Å². The zero-order valence-electron chi connectivity index (χ0n) is 9.46. The first-order chi connectivity index (χ1) is 7.29. The highest BCUT2D eigenvalue weighted by Crippen LogP contribution is 2.48. The minimum absolute atomic E-state index is 0.108. The minimum atomic E-state index is -0.509. The highest BCUT2D eigenvalue weighted by Gasteiger charge is 2.64. The summed E-state index contributed by atoms with van der Waals surface area (Å²) in [5.41, 5.74) is -0.509. The second-order valence-electron chi connectivity index (χ2n) is 4.58. The molecule has 2 atom stereocenters. The van der Waals surface area contributed by atoms with E-state index in [0.717, 1.165) is 38.5 Å². The number of carbonyl (C=O) groups is 1. The van der Waals surface area contributed by atoms with E-state index >= 15 is 0 Å². The number of esters is 1. The molecule has 1 saturated carbocycles. The monoisotopic (exact) mass is 212 g/mol. The average molecular weight is 212 g/mol. The fraction of sp³-hybridized carbons (Fsp3) is 0.917. The largest absolute Gasteiger partial charge is 0.463 e. The van der Waals surface area contributed by atoms with Crippen LogP contribution in [0.15, 0.2) is 0 Å². The van der Waals surface area contributed by atoms with Gasteiger partial charge in [-0.1, -0.05) is 26.2 Å². The molecule has 2 aliphatic rings. The molecule has 0 aromatic rings. The van der Waals surface area contributed by atoms with E-state index in [1.807, 2.05) is 0 Å². The number of ether oxygens (including phenoxy) is 2. The Hall–Kier alpha value is -0.570. The van der Waals surface area contributed by atoms with Crippen molar-refractivity contribution in [2.75, 3.05) is 6.61 Å². The van der Waals surface area contributed by atoms with E-state index < -0.39 is 5.60 Å². The molecule has 0 aromatic carbocycles. The lowest BCUT2D eigenvalue weighted by Gasteiger charge is -2.15. The van der Waals surface area contributed by atoms with Crippen LogP contribution in [0.5, 0.6) is 0 Å². The van der Waals surface area contributed by atoms with Crippen molar-refractivity contribution in [3.8, 4) is 0 Å². The van der Waals surface area contributed by atoms with Gasteiger partial charge in [0.15, 0.2) is 5.60 Å². The summed E-state index contributed by atoms with van der Waals surface area (Å²) < 4.78 is 10.8. The van der Waals surface area contributed by atoms with Crippen molar-refractivity contribution in [2.45, 2.75) is 63.6 Å². The topological polar surface area (TPSA) is 38.8 Å². The molecule has 1 aliphatic carbocycles. The number of hydrogen-bond donors (Lipinski definition) is 0. The van der Waals surface area contributed by atoms with Crippen LogP contribution in [-0.2, 0) is 14.3 Å². The first kappa shape index (κ1) is 10.9. The number of epoxide rings is 1. The fourth-order valence-electron chi connectivity index (χ4n) is 2.37. The Morgan fingerprint density at radius 1 is 1.47 bits per heavy atom. The van der Waals surface area contributed by atoms with Crippen molar-refractivity contribution < 1.29 is 14.3 Å². The Morgan fingerprint density at radius 3 is 3.07 bits per heavy atom. The SMILES string of the molecule is CCCCCOC(=O)C12CCCCC1O2. The van der Waals surface area contributed by atoms with Gasteiger partial charge in [0.2, 0.25) is 0 Å². The molecule has 0 radical (unpaired) electrons. The highest BCUT2D eigenvalue weighted by atomic mass is 16.7. The van der Waals surface area contributed by atoms with Crippen molar-refractivity contribution in [2.24, 2.45) is 0 Å². The van der Waals surface area contributed by atoms with E-state index in [4.69, 9.17) is 9.47 Å². The van der Waals surface area contributed by atoms with Crippen molar-refractivity contribution in [3.05, 3.63) is 0 Å². The van der Waals surface area contributed by atoms with E-state index in [0.29, 0.717) is 6.61 Å². The molecule has 1 saturated heterocycles. The Bertz CT molecular complexity index is 239. The molecule has 0 N–H and O–H groups in total. The molecule has 0 spiro atoms. The van der Waals surface area contributed by atoms with Crippen molar-refractivity contribution in [3.63, 3.8) is 0 Å². The number of hydrogen-bond acceptors (Lipinski definition) is 3. The second kappa shape index (κ2) is 4.52. The smallest absolute Gasteiger partial charge is 0.341 e. The van der Waals surface area contributed by atoms with Crippen molar-refractivity contribution in [1.29, 1.82) is 0 Å². The highest BCUT2D eigenvalue weighted by molar-refractivity contribution is 5.83. The quantitative estimate of drug-likeness (QED) is 0.399. The maximum absolute atomic E-state index is 11.8. The molecule has 1 aliphatic heterocycles. The third-order valence-electron chi connectivity index (χ3n) is 3.41. The number of fused-ring (bicyclic) bond motifs is 1. The molecular weight excluding hydrogens is 192 g/mol. The van der Waals surface area contributed by atoms with Crippen molar-refractivity contribution >= 4 is 5.97 Å². The summed E-state index contributed by atoms with van der Waals surface area (Å²) in [6, 6.07) is 0.